The van der Waals surface area contributed by atoms with Crippen molar-refractivity contribution in [2.45, 2.75) is 51.0 Å². The first-order valence-electron chi connectivity index (χ1n) is 7.20. The van der Waals surface area contributed by atoms with Crippen LogP contribution in [0.1, 0.15) is 44.1 Å². The van der Waals surface area contributed by atoms with Crippen molar-refractivity contribution >= 4 is 5.91 Å². The molecule has 0 saturated heterocycles. The maximum Gasteiger partial charge on any atom is 0.220 e. The van der Waals surface area contributed by atoms with Gasteiger partial charge in [0.1, 0.15) is 5.75 Å². The predicted molar refractivity (Wildman–Crippen MR) is 76.3 cm³/mol. The van der Waals surface area contributed by atoms with Gasteiger partial charge in [-0.25, -0.2) is 0 Å². The molecule has 1 aromatic carbocycles. The highest BCUT2D eigenvalue weighted by Gasteiger charge is 2.16. The number of hydrogen-bond acceptors (Lipinski definition) is 2. The minimum absolute atomic E-state index is 0.209. The van der Waals surface area contributed by atoms with E-state index in [9.17, 15) is 4.79 Å². The van der Waals surface area contributed by atoms with Crippen LogP contribution in [0, 0.1) is 0 Å². The van der Waals surface area contributed by atoms with Crippen molar-refractivity contribution in [3.63, 3.8) is 0 Å². The summed E-state index contributed by atoms with van der Waals surface area (Å²) in [5, 5.41) is 3.12. The van der Waals surface area contributed by atoms with E-state index in [1.807, 2.05) is 12.1 Å². The van der Waals surface area contributed by atoms with Crippen LogP contribution in [-0.4, -0.2) is 19.1 Å². The molecule has 3 heteroatoms. The summed E-state index contributed by atoms with van der Waals surface area (Å²) in [5.74, 6) is 1.09. The normalized spacial score (nSPS) is 15.4. The molecule has 19 heavy (non-hydrogen) atoms. The summed E-state index contributed by atoms with van der Waals surface area (Å²) in [7, 11) is 1.67. The Morgan fingerprint density at radius 1 is 1.26 bits per heavy atom. The summed E-state index contributed by atoms with van der Waals surface area (Å²) in [6, 6.07) is 8.50. The largest absolute Gasteiger partial charge is 0.497 e. The highest BCUT2D eigenvalue weighted by Crippen LogP contribution is 2.18. The molecule has 1 saturated carbocycles. The molecular weight excluding hydrogens is 238 g/mol. The lowest BCUT2D eigenvalue weighted by Gasteiger charge is -2.11. The zero-order chi connectivity index (χ0) is 13.5. The van der Waals surface area contributed by atoms with Gasteiger partial charge in [-0.05, 0) is 43.4 Å². The zero-order valence-corrected chi connectivity index (χ0v) is 11.7. The topological polar surface area (TPSA) is 38.3 Å². The number of ether oxygens (including phenoxy) is 1. The van der Waals surface area contributed by atoms with Crippen molar-refractivity contribution in [3.8, 4) is 5.75 Å². The Hall–Kier alpha value is -1.51. The van der Waals surface area contributed by atoms with Gasteiger partial charge in [0.05, 0.1) is 7.11 Å². The van der Waals surface area contributed by atoms with Crippen molar-refractivity contribution < 1.29 is 9.53 Å². The van der Waals surface area contributed by atoms with Gasteiger partial charge in [-0.2, -0.15) is 0 Å². The molecule has 1 aromatic rings. The number of hydrogen-bond donors (Lipinski definition) is 1. The summed E-state index contributed by atoms with van der Waals surface area (Å²) in [4.78, 5) is 11.8. The Labute approximate surface area is 115 Å². The second kappa shape index (κ2) is 7.17. The van der Waals surface area contributed by atoms with Crippen LogP contribution < -0.4 is 10.1 Å². The van der Waals surface area contributed by atoms with E-state index in [-0.39, 0.29) is 5.91 Å². The molecule has 1 aliphatic rings. The smallest absolute Gasteiger partial charge is 0.220 e. The van der Waals surface area contributed by atoms with Gasteiger partial charge in [0.2, 0.25) is 5.91 Å². The van der Waals surface area contributed by atoms with Gasteiger partial charge in [-0.1, -0.05) is 25.0 Å². The van der Waals surface area contributed by atoms with Gasteiger partial charge in [-0.15, -0.1) is 0 Å². The summed E-state index contributed by atoms with van der Waals surface area (Å²) < 4.78 is 5.12. The fourth-order valence-electron chi connectivity index (χ4n) is 2.62. The van der Waals surface area contributed by atoms with Gasteiger partial charge in [0.15, 0.2) is 0 Å². The number of carbonyl (C=O) groups excluding carboxylic acids is 1. The van der Waals surface area contributed by atoms with Gasteiger partial charge in [0, 0.05) is 12.5 Å². The molecule has 104 valence electrons. The van der Waals surface area contributed by atoms with Crippen LogP contribution in [0.5, 0.6) is 5.75 Å². The lowest BCUT2D eigenvalue weighted by molar-refractivity contribution is -0.121. The quantitative estimate of drug-likeness (QED) is 0.854. The molecular formula is C16H23NO2. The van der Waals surface area contributed by atoms with E-state index in [4.69, 9.17) is 4.74 Å². The number of aryl methyl sites for hydroxylation is 1. The second-order valence-electron chi connectivity index (χ2n) is 5.25. The standard InChI is InChI=1S/C16H23NO2/c1-19-15-11-9-13(10-12-15)5-4-8-16(18)17-14-6-2-3-7-14/h9-12,14H,2-8H2,1H3,(H,17,18). The molecule has 0 spiro atoms. The van der Waals surface area contributed by atoms with E-state index in [1.54, 1.807) is 7.11 Å². The molecule has 0 atom stereocenters. The third-order valence-corrected chi connectivity index (χ3v) is 3.75. The first kappa shape index (κ1) is 13.9. The van der Waals surface area contributed by atoms with Crippen molar-refractivity contribution in [2.24, 2.45) is 0 Å². The third-order valence-electron chi connectivity index (χ3n) is 3.75. The van der Waals surface area contributed by atoms with E-state index in [1.165, 1.54) is 18.4 Å². The molecule has 0 aromatic heterocycles. The first-order valence-corrected chi connectivity index (χ1v) is 7.20. The maximum atomic E-state index is 11.8. The summed E-state index contributed by atoms with van der Waals surface area (Å²) in [6.45, 7) is 0. The summed E-state index contributed by atoms with van der Waals surface area (Å²) in [5.41, 5.74) is 1.26. The van der Waals surface area contributed by atoms with E-state index in [0.29, 0.717) is 12.5 Å². The lowest BCUT2D eigenvalue weighted by Crippen LogP contribution is -2.32. The molecule has 1 N–H and O–H groups in total. The molecule has 0 aliphatic heterocycles. The molecule has 0 heterocycles. The fraction of sp³-hybridized carbons (Fsp3) is 0.562. The Bertz CT molecular complexity index is 394. The summed E-state index contributed by atoms with van der Waals surface area (Å²) >= 11 is 0. The minimum Gasteiger partial charge on any atom is -0.497 e. The highest BCUT2D eigenvalue weighted by molar-refractivity contribution is 5.76. The maximum absolute atomic E-state index is 11.8. The number of benzene rings is 1. The van der Waals surface area contributed by atoms with Crippen molar-refractivity contribution in [1.29, 1.82) is 0 Å². The molecule has 1 aliphatic carbocycles. The number of methoxy groups -OCH3 is 1. The molecule has 0 bridgehead atoms. The van der Waals surface area contributed by atoms with Gasteiger partial charge in [-0.3, -0.25) is 4.79 Å². The van der Waals surface area contributed by atoms with Crippen LogP contribution >= 0.6 is 0 Å². The van der Waals surface area contributed by atoms with Crippen LogP contribution in [0.4, 0.5) is 0 Å². The van der Waals surface area contributed by atoms with Crippen LogP contribution in [0.3, 0.4) is 0 Å². The molecule has 3 nitrogen and oxygen atoms in total. The molecule has 0 radical (unpaired) electrons. The highest BCUT2D eigenvalue weighted by atomic mass is 16.5. The Kier molecular flexibility index (Phi) is 5.25. The first-order chi connectivity index (χ1) is 9.28. The lowest BCUT2D eigenvalue weighted by atomic mass is 10.1. The van der Waals surface area contributed by atoms with Gasteiger partial charge >= 0.3 is 0 Å². The Balaban J connectivity index is 1.65. The number of carbonyl (C=O) groups is 1. The van der Waals surface area contributed by atoms with E-state index in [2.05, 4.69) is 17.4 Å². The molecule has 2 rings (SSSR count). The van der Waals surface area contributed by atoms with Gasteiger partial charge < -0.3 is 10.1 Å². The fourth-order valence-corrected chi connectivity index (χ4v) is 2.62. The number of nitrogens with one attached hydrogen (secondary N) is 1. The number of rotatable bonds is 6. The van der Waals surface area contributed by atoms with E-state index in [0.717, 1.165) is 31.4 Å². The van der Waals surface area contributed by atoms with Gasteiger partial charge in [0.25, 0.3) is 0 Å². The van der Waals surface area contributed by atoms with Crippen molar-refractivity contribution in [1.82, 2.24) is 5.32 Å². The van der Waals surface area contributed by atoms with E-state index < -0.39 is 0 Å². The van der Waals surface area contributed by atoms with Crippen LogP contribution in [0.15, 0.2) is 24.3 Å². The SMILES string of the molecule is COc1ccc(CCCC(=O)NC2CCCC2)cc1. The predicted octanol–water partition coefficient (Wildman–Crippen LogP) is 3.08. The third kappa shape index (κ3) is 4.58. The molecule has 1 amide bonds. The summed E-state index contributed by atoms with van der Waals surface area (Å²) in [6.07, 6.45) is 7.32. The monoisotopic (exact) mass is 261 g/mol. The van der Waals surface area contributed by atoms with Crippen molar-refractivity contribution in [2.75, 3.05) is 7.11 Å². The Morgan fingerprint density at radius 2 is 1.95 bits per heavy atom. The minimum atomic E-state index is 0.209. The van der Waals surface area contributed by atoms with Crippen LogP contribution in [0.25, 0.3) is 0 Å². The average Bonchev–Trinajstić information content (AvgIpc) is 2.92. The zero-order valence-electron chi connectivity index (χ0n) is 11.7. The van der Waals surface area contributed by atoms with Crippen LogP contribution in [0.2, 0.25) is 0 Å². The van der Waals surface area contributed by atoms with Crippen molar-refractivity contribution in [3.05, 3.63) is 29.8 Å². The Morgan fingerprint density at radius 3 is 2.58 bits per heavy atom. The molecule has 0 unspecified atom stereocenters. The second-order valence-corrected chi connectivity index (χ2v) is 5.25. The molecule has 1 fully saturated rings. The van der Waals surface area contributed by atoms with Crippen LogP contribution in [-0.2, 0) is 11.2 Å². The number of amides is 1. The van der Waals surface area contributed by atoms with E-state index >= 15 is 0 Å². The average molecular weight is 261 g/mol.